The number of halogens is 2. The van der Waals surface area contributed by atoms with Crippen LogP contribution in [0.15, 0.2) is 35.7 Å². The number of hydrogen-bond acceptors (Lipinski definition) is 3. The van der Waals surface area contributed by atoms with Gasteiger partial charge < -0.3 is 5.73 Å². The van der Waals surface area contributed by atoms with E-state index in [0.29, 0.717) is 15.9 Å². The number of thiophene rings is 1. The molecule has 6 heteroatoms. The van der Waals surface area contributed by atoms with Crippen LogP contribution >= 0.6 is 34.5 Å². The van der Waals surface area contributed by atoms with E-state index in [0.717, 1.165) is 21.7 Å². The summed E-state index contributed by atoms with van der Waals surface area (Å²) in [6.07, 6.45) is 0. The van der Waals surface area contributed by atoms with Crippen LogP contribution in [0.4, 0.5) is 5.82 Å². The summed E-state index contributed by atoms with van der Waals surface area (Å²) in [4.78, 5) is 1.04. The number of nitrogens with one attached hydrogen (secondary N) is 1. The Kier molecular flexibility index (Phi) is 3.22. The first-order valence-corrected chi connectivity index (χ1v) is 7.13. The lowest BCUT2D eigenvalue weighted by Crippen LogP contribution is -1.87. The second-order valence-corrected chi connectivity index (χ2v) is 5.75. The zero-order valence-electron chi connectivity index (χ0n) is 9.65. The van der Waals surface area contributed by atoms with Crippen molar-refractivity contribution in [3.63, 3.8) is 0 Å². The van der Waals surface area contributed by atoms with Gasteiger partial charge in [0.05, 0.1) is 16.3 Å². The summed E-state index contributed by atoms with van der Waals surface area (Å²) in [5, 5.41) is 10.2. The molecule has 3 N–H and O–H groups in total. The Morgan fingerprint density at radius 2 is 2.05 bits per heavy atom. The molecule has 3 nitrogen and oxygen atoms in total. The van der Waals surface area contributed by atoms with E-state index < -0.39 is 0 Å². The molecule has 3 aromatic rings. The van der Waals surface area contributed by atoms with Crippen LogP contribution in [0.5, 0.6) is 0 Å². The van der Waals surface area contributed by atoms with E-state index in [9.17, 15) is 0 Å². The molecule has 0 unspecified atom stereocenters. The van der Waals surface area contributed by atoms with Crippen molar-refractivity contribution in [2.45, 2.75) is 0 Å². The van der Waals surface area contributed by atoms with Gasteiger partial charge in [0.2, 0.25) is 0 Å². The minimum Gasteiger partial charge on any atom is -0.382 e. The molecule has 0 atom stereocenters. The predicted octanol–water partition coefficient (Wildman–Crippen LogP) is 4.69. The van der Waals surface area contributed by atoms with Crippen LogP contribution in [-0.2, 0) is 0 Å². The lowest BCUT2D eigenvalue weighted by atomic mass is 10.1. The van der Waals surface area contributed by atoms with Gasteiger partial charge in [-0.1, -0.05) is 29.3 Å². The summed E-state index contributed by atoms with van der Waals surface area (Å²) in [6.45, 7) is 0. The number of nitrogens with zero attached hydrogens (tertiary/aromatic N) is 1. The molecule has 96 valence electrons. The van der Waals surface area contributed by atoms with Gasteiger partial charge in [-0.15, -0.1) is 11.3 Å². The monoisotopic (exact) mass is 309 g/mol. The SMILES string of the molecule is Nc1n[nH]c(-c2cc(Cl)ccc2Cl)c1-c1cccs1. The summed E-state index contributed by atoms with van der Waals surface area (Å²) in [7, 11) is 0. The first-order valence-electron chi connectivity index (χ1n) is 5.50. The van der Waals surface area contributed by atoms with Crippen LogP contribution in [-0.4, -0.2) is 10.2 Å². The van der Waals surface area contributed by atoms with E-state index in [2.05, 4.69) is 10.2 Å². The quantitative estimate of drug-likeness (QED) is 0.721. The minimum absolute atomic E-state index is 0.452. The van der Waals surface area contributed by atoms with Gasteiger partial charge in [0.15, 0.2) is 5.82 Å². The number of H-pyrrole nitrogens is 1. The molecular weight excluding hydrogens is 301 g/mol. The van der Waals surface area contributed by atoms with Gasteiger partial charge in [0, 0.05) is 15.5 Å². The summed E-state index contributed by atoms with van der Waals surface area (Å²) in [5.41, 5.74) is 8.38. The van der Waals surface area contributed by atoms with Gasteiger partial charge in [-0.25, -0.2) is 0 Å². The fourth-order valence-electron chi connectivity index (χ4n) is 1.91. The Labute approximate surface area is 124 Å². The van der Waals surface area contributed by atoms with Crippen molar-refractivity contribution in [1.29, 1.82) is 0 Å². The smallest absolute Gasteiger partial charge is 0.154 e. The molecule has 0 spiro atoms. The minimum atomic E-state index is 0.452. The van der Waals surface area contributed by atoms with Gasteiger partial charge in [0.25, 0.3) is 0 Å². The Bertz CT molecular complexity index is 720. The third kappa shape index (κ3) is 2.23. The molecule has 2 aromatic heterocycles. The zero-order valence-corrected chi connectivity index (χ0v) is 12.0. The lowest BCUT2D eigenvalue weighted by Gasteiger charge is -2.05. The van der Waals surface area contributed by atoms with Gasteiger partial charge >= 0.3 is 0 Å². The third-order valence-electron chi connectivity index (χ3n) is 2.76. The number of nitrogen functional groups attached to an aromatic ring is 1. The number of aromatic nitrogens is 2. The maximum absolute atomic E-state index is 6.23. The van der Waals surface area contributed by atoms with E-state index in [-0.39, 0.29) is 0 Å². The molecule has 19 heavy (non-hydrogen) atoms. The van der Waals surface area contributed by atoms with Crippen LogP contribution in [0, 0.1) is 0 Å². The van der Waals surface area contributed by atoms with E-state index >= 15 is 0 Å². The van der Waals surface area contributed by atoms with Crippen LogP contribution in [0.1, 0.15) is 0 Å². The molecule has 0 amide bonds. The normalized spacial score (nSPS) is 10.8. The topological polar surface area (TPSA) is 54.7 Å². The Morgan fingerprint density at radius 3 is 2.79 bits per heavy atom. The number of anilines is 1. The number of aromatic amines is 1. The van der Waals surface area contributed by atoms with Gasteiger partial charge in [-0.2, -0.15) is 5.10 Å². The second kappa shape index (κ2) is 4.89. The van der Waals surface area contributed by atoms with Crippen molar-refractivity contribution in [2.75, 3.05) is 5.73 Å². The Hall–Kier alpha value is -1.49. The molecule has 1 aromatic carbocycles. The molecule has 0 bridgehead atoms. The summed E-state index contributed by atoms with van der Waals surface area (Å²) in [5.74, 6) is 0.452. The number of rotatable bonds is 2. The standard InChI is InChI=1S/C13H9Cl2N3S/c14-7-3-4-9(15)8(6-7)12-11(13(16)18-17-12)10-2-1-5-19-10/h1-6H,(H3,16,17,18). The number of benzene rings is 1. The van der Waals surface area contributed by atoms with Crippen molar-refractivity contribution in [1.82, 2.24) is 10.2 Å². The van der Waals surface area contributed by atoms with E-state index in [4.69, 9.17) is 28.9 Å². The van der Waals surface area contributed by atoms with Gasteiger partial charge in [0.1, 0.15) is 0 Å². The van der Waals surface area contributed by atoms with E-state index in [1.165, 1.54) is 0 Å². The van der Waals surface area contributed by atoms with Crippen LogP contribution < -0.4 is 5.73 Å². The maximum Gasteiger partial charge on any atom is 0.154 e. The molecule has 0 radical (unpaired) electrons. The zero-order chi connectivity index (χ0) is 13.4. The molecule has 0 aliphatic carbocycles. The van der Waals surface area contributed by atoms with E-state index in [1.807, 2.05) is 17.5 Å². The molecule has 3 rings (SSSR count). The highest BCUT2D eigenvalue weighted by atomic mass is 35.5. The molecule has 0 aliphatic rings. The number of hydrogen-bond donors (Lipinski definition) is 2. The average Bonchev–Trinajstić information content (AvgIpc) is 3.01. The lowest BCUT2D eigenvalue weighted by molar-refractivity contribution is 1.10. The first-order chi connectivity index (χ1) is 9.16. The Morgan fingerprint density at radius 1 is 1.21 bits per heavy atom. The van der Waals surface area contributed by atoms with Crippen LogP contribution in [0.2, 0.25) is 10.0 Å². The summed E-state index contributed by atoms with van der Waals surface area (Å²) in [6, 6.07) is 9.27. The largest absolute Gasteiger partial charge is 0.382 e. The third-order valence-corrected chi connectivity index (χ3v) is 4.21. The Balaban J connectivity index is 2.24. The fraction of sp³-hybridized carbons (Fsp3) is 0. The van der Waals surface area contributed by atoms with Crippen molar-refractivity contribution < 1.29 is 0 Å². The molecule has 0 saturated heterocycles. The fourth-order valence-corrected chi connectivity index (χ4v) is 3.08. The summed E-state index contributed by atoms with van der Waals surface area (Å²) < 4.78 is 0. The van der Waals surface area contributed by atoms with E-state index in [1.54, 1.807) is 29.5 Å². The van der Waals surface area contributed by atoms with Crippen LogP contribution in [0.3, 0.4) is 0 Å². The van der Waals surface area contributed by atoms with Gasteiger partial charge in [-0.05, 0) is 29.6 Å². The molecule has 2 heterocycles. The van der Waals surface area contributed by atoms with Crippen molar-refractivity contribution in [2.24, 2.45) is 0 Å². The predicted molar refractivity (Wildman–Crippen MR) is 81.8 cm³/mol. The maximum atomic E-state index is 6.23. The van der Waals surface area contributed by atoms with Crippen LogP contribution in [0.25, 0.3) is 21.7 Å². The van der Waals surface area contributed by atoms with Crippen molar-refractivity contribution >= 4 is 40.4 Å². The molecule has 0 aliphatic heterocycles. The van der Waals surface area contributed by atoms with Crippen molar-refractivity contribution in [3.8, 4) is 21.7 Å². The molecular formula is C13H9Cl2N3S. The second-order valence-electron chi connectivity index (χ2n) is 3.96. The molecule has 0 saturated carbocycles. The highest BCUT2D eigenvalue weighted by molar-refractivity contribution is 7.13. The average molecular weight is 310 g/mol. The highest BCUT2D eigenvalue weighted by Crippen LogP contribution is 2.40. The highest BCUT2D eigenvalue weighted by Gasteiger charge is 2.17. The molecule has 0 fully saturated rings. The van der Waals surface area contributed by atoms with Gasteiger partial charge in [-0.3, -0.25) is 5.10 Å². The number of nitrogens with two attached hydrogens (primary N) is 1. The first kappa shape index (κ1) is 12.5. The summed E-state index contributed by atoms with van der Waals surface area (Å²) >= 11 is 13.9. The van der Waals surface area contributed by atoms with Crippen molar-refractivity contribution in [3.05, 3.63) is 45.8 Å².